The van der Waals surface area contributed by atoms with E-state index in [0.29, 0.717) is 22.9 Å². The van der Waals surface area contributed by atoms with Gasteiger partial charge in [0.25, 0.3) is 6.43 Å². The Balaban J connectivity index is 2.01. The van der Waals surface area contributed by atoms with Crippen LogP contribution in [0.2, 0.25) is 0 Å². The van der Waals surface area contributed by atoms with E-state index in [1.165, 1.54) is 0 Å². The molecule has 4 rings (SSSR count). The van der Waals surface area contributed by atoms with Crippen LogP contribution in [0.5, 0.6) is 0 Å². The van der Waals surface area contributed by atoms with Crippen LogP contribution in [0.4, 0.5) is 8.78 Å². The predicted octanol–water partition coefficient (Wildman–Crippen LogP) is 3.66. The van der Waals surface area contributed by atoms with Crippen LogP contribution in [0.25, 0.3) is 11.0 Å². The van der Waals surface area contributed by atoms with E-state index in [4.69, 9.17) is 0 Å². The Labute approximate surface area is 109 Å². The van der Waals surface area contributed by atoms with Crippen LogP contribution in [-0.2, 0) is 7.05 Å². The fourth-order valence-corrected chi connectivity index (χ4v) is 2.73. The van der Waals surface area contributed by atoms with Gasteiger partial charge in [0.15, 0.2) is 5.65 Å². The van der Waals surface area contributed by atoms with E-state index in [1.807, 2.05) is 0 Å². The molecule has 0 saturated heterocycles. The normalized spacial score (nSPS) is 19.6. The number of alkyl halides is 2. The first kappa shape index (κ1) is 11.3. The molecule has 5 heteroatoms. The average molecular weight is 263 g/mol. The minimum atomic E-state index is -2.45. The highest BCUT2D eigenvalue weighted by Crippen LogP contribution is 2.46. The fourth-order valence-electron chi connectivity index (χ4n) is 2.73. The fraction of sp³-hybridized carbons (Fsp3) is 0.571. The Hall–Kier alpha value is -1.52. The van der Waals surface area contributed by atoms with E-state index in [-0.39, 0.29) is 5.56 Å². The monoisotopic (exact) mass is 263 g/mol. The number of nitrogens with zero attached hydrogens (tertiary/aromatic N) is 3. The summed E-state index contributed by atoms with van der Waals surface area (Å²) in [5.74, 6) is 0.732. The van der Waals surface area contributed by atoms with E-state index in [2.05, 4.69) is 10.1 Å². The molecule has 2 aliphatic carbocycles. The summed E-state index contributed by atoms with van der Waals surface area (Å²) >= 11 is 0. The van der Waals surface area contributed by atoms with Crippen molar-refractivity contribution in [3.63, 3.8) is 0 Å². The largest absolute Gasteiger partial charge is 0.264 e. The predicted molar refractivity (Wildman–Crippen MR) is 67.4 cm³/mol. The third-order valence-corrected chi connectivity index (χ3v) is 4.07. The van der Waals surface area contributed by atoms with Gasteiger partial charge in [-0.05, 0) is 31.7 Å². The summed E-state index contributed by atoms with van der Waals surface area (Å²) in [7, 11) is 1.80. The van der Waals surface area contributed by atoms with Crippen LogP contribution in [-0.4, -0.2) is 14.8 Å². The number of aromatic nitrogens is 3. The maximum atomic E-state index is 13.4. The van der Waals surface area contributed by atoms with Crippen molar-refractivity contribution in [3.05, 3.63) is 23.0 Å². The molecule has 0 aliphatic heterocycles. The highest BCUT2D eigenvalue weighted by molar-refractivity contribution is 5.84. The lowest BCUT2D eigenvalue weighted by Gasteiger charge is -2.07. The molecule has 100 valence electrons. The SMILES string of the molecule is Cn1nc(C2CC2)c2c(C(F)F)cc(C3CC3)nc21. The summed E-state index contributed by atoms with van der Waals surface area (Å²) < 4.78 is 28.4. The van der Waals surface area contributed by atoms with Crippen LogP contribution in [0.1, 0.15) is 60.9 Å². The number of hydrogen-bond donors (Lipinski definition) is 0. The summed E-state index contributed by atoms with van der Waals surface area (Å²) in [6.45, 7) is 0. The quantitative estimate of drug-likeness (QED) is 0.846. The molecule has 0 radical (unpaired) electrons. The van der Waals surface area contributed by atoms with Gasteiger partial charge in [0, 0.05) is 30.1 Å². The molecule has 0 aromatic carbocycles. The lowest BCUT2D eigenvalue weighted by atomic mass is 10.1. The van der Waals surface area contributed by atoms with Crippen molar-refractivity contribution in [2.45, 2.75) is 43.9 Å². The number of rotatable bonds is 3. The highest BCUT2D eigenvalue weighted by Gasteiger charge is 2.33. The zero-order chi connectivity index (χ0) is 13.1. The van der Waals surface area contributed by atoms with Crippen molar-refractivity contribution in [1.29, 1.82) is 0 Å². The third kappa shape index (κ3) is 1.75. The maximum Gasteiger partial charge on any atom is 0.264 e. The van der Waals surface area contributed by atoms with Gasteiger partial charge >= 0.3 is 0 Å². The second-order valence-electron chi connectivity index (χ2n) is 5.69. The Kier molecular flexibility index (Phi) is 2.23. The van der Waals surface area contributed by atoms with Crippen LogP contribution in [0.15, 0.2) is 6.07 Å². The molecule has 2 aromatic heterocycles. The molecule has 0 bridgehead atoms. The number of fused-ring (bicyclic) bond motifs is 1. The van der Waals surface area contributed by atoms with Gasteiger partial charge in [0.2, 0.25) is 0 Å². The Bertz CT molecular complexity index is 654. The van der Waals surface area contributed by atoms with Gasteiger partial charge in [-0.25, -0.2) is 13.8 Å². The zero-order valence-electron chi connectivity index (χ0n) is 10.7. The lowest BCUT2D eigenvalue weighted by Crippen LogP contribution is -1.98. The molecule has 0 amide bonds. The van der Waals surface area contributed by atoms with Crippen molar-refractivity contribution >= 4 is 11.0 Å². The minimum absolute atomic E-state index is 0.127. The summed E-state index contributed by atoms with van der Waals surface area (Å²) in [5.41, 5.74) is 2.39. The molecule has 2 heterocycles. The van der Waals surface area contributed by atoms with Gasteiger partial charge < -0.3 is 0 Å². The van der Waals surface area contributed by atoms with E-state index in [9.17, 15) is 8.78 Å². The van der Waals surface area contributed by atoms with E-state index < -0.39 is 6.43 Å². The van der Waals surface area contributed by atoms with Crippen molar-refractivity contribution in [3.8, 4) is 0 Å². The molecule has 2 saturated carbocycles. The molecule has 0 N–H and O–H groups in total. The van der Waals surface area contributed by atoms with Gasteiger partial charge in [-0.1, -0.05) is 0 Å². The maximum absolute atomic E-state index is 13.4. The van der Waals surface area contributed by atoms with Crippen LogP contribution in [0.3, 0.4) is 0 Å². The van der Waals surface area contributed by atoms with Gasteiger partial charge in [-0.15, -0.1) is 0 Å². The van der Waals surface area contributed by atoms with Gasteiger partial charge in [0.1, 0.15) is 0 Å². The summed E-state index contributed by atoms with van der Waals surface area (Å²) in [5, 5.41) is 5.04. The van der Waals surface area contributed by atoms with Crippen molar-refractivity contribution in [1.82, 2.24) is 14.8 Å². The molecule has 0 unspecified atom stereocenters. The summed E-state index contributed by atoms with van der Waals surface area (Å²) in [6.07, 6.45) is 1.78. The molecule has 2 fully saturated rings. The number of aryl methyl sites for hydroxylation is 1. The van der Waals surface area contributed by atoms with Crippen LogP contribution >= 0.6 is 0 Å². The Morgan fingerprint density at radius 3 is 2.47 bits per heavy atom. The molecule has 2 aliphatic rings. The highest BCUT2D eigenvalue weighted by atomic mass is 19.3. The van der Waals surface area contributed by atoms with Gasteiger partial charge in [-0.3, -0.25) is 4.68 Å². The second kappa shape index (κ2) is 3.74. The third-order valence-electron chi connectivity index (χ3n) is 4.07. The van der Waals surface area contributed by atoms with Crippen molar-refractivity contribution in [2.75, 3.05) is 0 Å². The molecule has 3 nitrogen and oxygen atoms in total. The van der Waals surface area contributed by atoms with Crippen molar-refractivity contribution < 1.29 is 8.78 Å². The smallest absolute Gasteiger partial charge is 0.250 e. The Morgan fingerprint density at radius 2 is 1.89 bits per heavy atom. The summed E-state index contributed by atoms with van der Waals surface area (Å²) in [4.78, 5) is 4.58. The summed E-state index contributed by atoms with van der Waals surface area (Å²) in [6, 6.07) is 1.61. The number of hydrogen-bond acceptors (Lipinski definition) is 2. The first-order valence-corrected chi connectivity index (χ1v) is 6.80. The molecule has 0 atom stereocenters. The molecular formula is C14H15F2N3. The lowest BCUT2D eigenvalue weighted by molar-refractivity contribution is 0.153. The van der Waals surface area contributed by atoms with Gasteiger partial charge in [0.05, 0.1) is 11.1 Å². The molecule has 19 heavy (non-hydrogen) atoms. The number of pyridine rings is 1. The zero-order valence-corrected chi connectivity index (χ0v) is 10.7. The standard InChI is InChI=1S/C14H15F2N3/c1-19-14-11(12(18-19)8-4-5-8)9(13(15)16)6-10(17-14)7-2-3-7/h6-8,13H,2-5H2,1H3. The van der Waals surface area contributed by atoms with E-state index >= 15 is 0 Å². The second-order valence-corrected chi connectivity index (χ2v) is 5.69. The number of halogens is 2. The van der Waals surface area contributed by atoms with E-state index in [1.54, 1.807) is 17.8 Å². The molecule has 2 aromatic rings. The first-order chi connectivity index (χ1) is 9.15. The van der Waals surface area contributed by atoms with E-state index in [0.717, 1.165) is 37.1 Å². The molecule has 0 spiro atoms. The van der Waals surface area contributed by atoms with Gasteiger partial charge in [-0.2, -0.15) is 5.10 Å². The Morgan fingerprint density at radius 1 is 1.21 bits per heavy atom. The first-order valence-electron chi connectivity index (χ1n) is 6.80. The molecular weight excluding hydrogens is 248 g/mol. The van der Waals surface area contributed by atoms with Crippen LogP contribution in [0, 0.1) is 0 Å². The minimum Gasteiger partial charge on any atom is -0.250 e. The van der Waals surface area contributed by atoms with Crippen LogP contribution < -0.4 is 0 Å². The van der Waals surface area contributed by atoms with Crippen molar-refractivity contribution in [2.24, 2.45) is 7.05 Å². The topological polar surface area (TPSA) is 30.7 Å². The average Bonchev–Trinajstić information content (AvgIpc) is 3.26.